The summed E-state index contributed by atoms with van der Waals surface area (Å²) < 4.78 is 5.19. The van der Waals surface area contributed by atoms with Gasteiger partial charge in [-0.3, -0.25) is 14.4 Å². The molecule has 7 heteroatoms. The van der Waals surface area contributed by atoms with E-state index < -0.39 is 30.3 Å². The standard InChI is InChI=1S/C30H24N2O5/c1-3-19-8-4-7-18(2)27(19)31-25(33)17-37-30(36)21-13-15-22(16-14-21)32-28(34)23-11-5-9-20-10-6-12-24(26(20)23)29(32)35/h4-16H,3,17H2,1-2H3,(H,31,33). The molecule has 0 radical (unpaired) electrons. The molecule has 1 heterocycles. The van der Waals surface area contributed by atoms with E-state index in [4.69, 9.17) is 4.74 Å². The first-order chi connectivity index (χ1) is 17.9. The number of hydrogen-bond acceptors (Lipinski definition) is 5. The largest absolute Gasteiger partial charge is 0.452 e. The number of imide groups is 1. The number of nitrogens with one attached hydrogen (secondary N) is 1. The first kappa shape index (κ1) is 23.9. The zero-order valence-corrected chi connectivity index (χ0v) is 20.4. The minimum absolute atomic E-state index is 0.195. The molecule has 7 nitrogen and oxygen atoms in total. The molecule has 3 amide bonds. The van der Waals surface area contributed by atoms with E-state index >= 15 is 0 Å². The minimum atomic E-state index is -0.686. The van der Waals surface area contributed by atoms with Crippen molar-refractivity contribution in [3.63, 3.8) is 0 Å². The lowest BCUT2D eigenvalue weighted by molar-refractivity contribution is -0.119. The molecular weight excluding hydrogens is 468 g/mol. The van der Waals surface area contributed by atoms with Gasteiger partial charge in [0.1, 0.15) is 0 Å². The zero-order valence-electron chi connectivity index (χ0n) is 20.4. The molecule has 4 aromatic rings. The van der Waals surface area contributed by atoms with E-state index in [9.17, 15) is 19.2 Å². The van der Waals surface area contributed by atoms with Crippen LogP contribution in [0.25, 0.3) is 10.8 Å². The molecule has 4 aromatic carbocycles. The number of nitrogens with zero attached hydrogens (tertiary/aromatic N) is 1. The van der Waals surface area contributed by atoms with Crippen molar-refractivity contribution in [1.29, 1.82) is 0 Å². The number of carbonyl (C=O) groups is 4. The van der Waals surface area contributed by atoms with E-state index in [1.807, 2.05) is 44.2 Å². The summed E-state index contributed by atoms with van der Waals surface area (Å²) in [7, 11) is 0. The zero-order chi connectivity index (χ0) is 26.1. The number of rotatable bonds is 6. The molecule has 1 N–H and O–H groups in total. The van der Waals surface area contributed by atoms with E-state index in [0.717, 1.165) is 33.5 Å². The third kappa shape index (κ3) is 4.36. The second-order valence-electron chi connectivity index (χ2n) is 8.79. The molecule has 0 spiro atoms. The predicted octanol–water partition coefficient (Wildman–Crippen LogP) is 5.31. The van der Waals surface area contributed by atoms with Gasteiger partial charge in [0.05, 0.1) is 11.3 Å². The third-order valence-corrected chi connectivity index (χ3v) is 6.47. The predicted molar refractivity (Wildman–Crippen MR) is 141 cm³/mol. The van der Waals surface area contributed by atoms with Crippen molar-refractivity contribution in [3.05, 3.63) is 107 Å². The summed E-state index contributed by atoms with van der Waals surface area (Å²) in [4.78, 5) is 52.5. The van der Waals surface area contributed by atoms with Gasteiger partial charge in [-0.05, 0) is 66.3 Å². The monoisotopic (exact) mass is 492 g/mol. The van der Waals surface area contributed by atoms with Gasteiger partial charge in [-0.25, -0.2) is 9.69 Å². The maximum absolute atomic E-state index is 13.2. The van der Waals surface area contributed by atoms with Crippen LogP contribution in [0.15, 0.2) is 78.9 Å². The van der Waals surface area contributed by atoms with Crippen molar-refractivity contribution >= 4 is 45.8 Å². The average Bonchev–Trinajstić information content (AvgIpc) is 2.92. The number of hydrogen-bond donors (Lipinski definition) is 1. The Morgan fingerprint density at radius 1 is 0.838 bits per heavy atom. The van der Waals surface area contributed by atoms with Crippen LogP contribution in [-0.2, 0) is 16.0 Å². The van der Waals surface area contributed by atoms with Crippen LogP contribution in [-0.4, -0.2) is 30.3 Å². The highest BCUT2D eigenvalue weighted by Gasteiger charge is 2.33. The maximum atomic E-state index is 13.2. The van der Waals surface area contributed by atoms with Gasteiger partial charge in [-0.1, -0.05) is 49.4 Å². The Kier molecular flexibility index (Phi) is 6.27. The van der Waals surface area contributed by atoms with Crippen LogP contribution >= 0.6 is 0 Å². The molecule has 0 fully saturated rings. The van der Waals surface area contributed by atoms with Crippen molar-refractivity contribution < 1.29 is 23.9 Å². The van der Waals surface area contributed by atoms with Crippen LogP contribution in [0, 0.1) is 6.92 Å². The Balaban J connectivity index is 1.28. The molecule has 0 saturated carbocycles. The first-order valence-electron chi connectivity index (χ1n) is 11.9. The number of ether oxygens (including phenoxy) is 1. The smallest absolute Gasteiger partial charge is 0.338 e. The highest BCUT2D eigenvalue weighted by Crippen LogP contribution is 2.32. The molecule has 1 aliphatic rings. The summed E-state index contributed by atoms with van der Waals surface area (Å²) in [5.74, 6) is -1.98. The Morgan fingerprint density at radius 2 is 1.46 bits per heavy atom. The number of aryl methyl sites for hydroxylation is 2. The highest BCUT2D eigenvalue weighted by molar-refractivity contribution is 6.35. The van der Waals surface area contributed by atoms with Gasteiger partial charge in [-0.2, -0.15) is 0 Å². The van der Waals surface area contributed by atoms with E-state index in [2.05, 4.69) is 5.32 Å². The Hall–Kier alpha value is -4.78. The van der Waals surface area contributed by atoms with Crippen molar-refractivity contribution in [1.82, 2.24) is 0 Å². The summed E-state index contributed by atoms with van der Waals surface area (Å²) in [6.45, 7) is 3.46. The Bertz CT molecular complexity index is 1520. The number of anilines is 2. The third-order valence-electron chi connectivity index (χ3n) is 6.47. The number of esters is 1. The molecule has 0 aromatic heterocycles. The average molecular weight is 493 g/mol. The SMILES string of the molecule is CCc1cccc(C)c1NC(=O)COC(=O)c1ccc(N2C(=O)c3cccc4cccc(c34)C2=O)cc1. The van der Waals surface area contributed by atoms with Crippen LogP contribution in [0.2, 0.25) is 0 Å². The van der Waals surface area contributed by atoms with E-state index in [1.54, 1.807) is 24.3 Å². The number of carbonyl (C=O) groups excluding carboxylic acids is 4. The highest BCUT2D eigenvalue weighted by atomic mass is 16.5. The van der Waals surface area contributed by atoms with Crippen molar-refractivity contribution in [2.45, 2.75) is 20.3 Å². The van der Waals surface area contributed by atoms with Gasteiger partial charge in [0.25, 0.3) is 17.7 Å². The van der Waals surface area contributed by atoms with Gasteiger partial charge in [0, 0.05) is 22.2 Å². The lowest BCUT2D eigenvalue weighted by Crippen LogP contribution is -2.40. The van der Waals surface area contributed by atoms with Gasteiger partial charge in [-0.15, -0.1) is 0 Å². The molecular formula is C30H24N2O5. The molecule has 37 heavy (non-hydrogen) atoms. The molecule has 1 aliphatic heterocycles. The van der Waals surface area contributed by atoms with E-state index in [-0.39, 0.29) is 5.56 Å². The molecule has 0 atom stereocenters. The minimum Gasteiger partial charge on any atom is -0.452 e. The second-order valence-corrected chi connectivity index (χ2v) is 8.79. The summed E-state index contributed by atoms with van der Waals surface area (Å²) in [6.07, 6.45) is 0.756. The topological polar surface area (TPSA) is 92.8 Å². The summed E-state index contributed by atoms with van der Waals surface area (Å²) >= 11 is 0. The Labute approximate surface area is 213 Å². The summed E-state index contributed by atoms with van der Waals surface area (Å²) in [5, 5.41) is 4.29. The maximum Gasteiger partial charge on any atom is 0.338 e. The van der Waals surface area contributed by atoms with Crippen LogP contribution in [0.5, 0.6) is 0 Å². The summed E-state index contributed by atoms with van der Waals surface area (Å²) in [6, 6.07) is 22.4. The fourth-order valence-electron chi connectivity index (χ4n) is 4.60. The first-order valence-corrected chi connectivity index (χ1v) is 11.9. The molecule has 0 saturated heterocycles. The van der Waals surface area contributed by atoms with Crippen molar-refractivity contribution in [2.24, 2.45) is 0 Å². The lowest BCUT2D eigenvalue weighted by atomic mass is 9.94. The van der Waals surface area contributed by atoms with Crippen molar-refractivity contribution in [3.8, 4) is 0 Å². The number of benzene rings is 4. The Morgan fingerprint density at radius 3 is 2.08 bits per heavy atom. The van der Waals surface area contributed by atoms with Crippen LogP contribution in [0.1, 0.15) is 49.1 Å². The van der Waals surface area contributed by atoms with Gasteiger partial charge >= 0.3 is 5.97 Å². The lowest BCUT2D eigenvalue weighted by Gasteiger charge is -2.27. The van der Waals surface area contributed by atoms with Gasteiger partial charge < -0.3 is 10.1 Å². The van der Waals surface area contributed by atoms with Crippen molar-refractivity contribution in [2.75, 3.05) is 16.8 Å². The number of para-hydroxylation sites is 1. The van der Waals surface area contributed by atoms with Crippen LogP contribution < -0.4 is 10.2 Å². The number of amides is 3. The second kappa shape index (κ2) is 9.70. The fraction of sp³-hybridized carbons (Fsp3) is 0.133. The molecule has 0 unspecified atom stereocenters. The fourth-order valence-corrected chi connectivity index (χ4v) is 4.60. The molecule has 184 valence electrons. The van der Waals surface area contributed by atoms with E-state index in [0.29, 0.717) is 22.2 Å². The molecule has 0 aliphatic carbocycles. The molecule has 5 rings (SSSR count). The van der Waals surface area contributed by atoms with Gasteiger partial charge in [0.2, 0.25) is 0 Å². The normalized spacial score (nSPS) is 12.5. The quantitative estimate of drug-likeness (QED) is 0.291. The molecule has 0 bridgehead atoms. The van der Waals surface area contributed by atoms with Gasteiger partial charge in [0.15, 0.2) is 6.61 Å². The van der Waals surface area contributed by atoms with Crippen LogP contribution in [0.3, 0.4) is 0 Å². The summed E-state index contributed by atoms with van der Waals surface area (Å²) in [5.41, 5.74) is 4.07. The van der Waals surface area contributed by atoms with E-state index in [1.165, 1.54) is 24.3 Å². The van der Waals surface area contributed by atoms with Crippen LogP contribution in [0.4, 0.5) is 11.4 Å².